The van der Waals surface area contributed by atoms with Gasteiger partial charge in [-0.3, -0.25) is 0 Å². The first-order chi connectivity index (χ1) is 21.6. The van der Waals surface area contributed by atoms with Crippen molar-refractivity contribution < 1.29 is 55.3 Å². The van der Waals surface area contributed by atoms with Gasteiger partial charge in [0.15, 0.2) is 0 Å². The third-order valence-electron chi connectivity index (χ3n) is 8.88. The van der Waals surface area contributed by atoms with Gasteiger partial charge in [0.25, 0.3) is 0 Å². The van der Waals surface area contributed by atoms with E-state index < -0.39 is 57.3 Å². The molecule has 0 saturated heterocycles. The van der Waals surface area contributed by atoms with Crippen LogP contribution in [0, 0.1) is 23.4 Å². The van der Waals surface area contributed by atoms with Gasteiger partial charge < -0.3 is 0 Å². The van der Waals surface area contributed by atoms with Crippen molar-refractivity contribution in [2.24, 2.45) is 5.92 Å². The Balaban J connectivity index is 1.49. The molecule has 0 saturated carbocycles. The molecule has 45 heavy (non-hydrogen) atoms. The van der Waals surface area contributed by atoms with Crippen molar-refractivity contribution in [1.29, 1.82) is 0 Å². The zero-order valence-electron chi connectivity index (χ0n) is 24.6. The molecule has 6 nitrogen and oxygen atoms in total. The predicted octanol–water partition coefficient (Wildman–Crippen LogP) is 8.66. The SMILES string of the molecule is CC1C2=C(CCCC2)C2=C1[CH]([Ti]([O]C(=O)c1ccc(F)cc1)([O]C(=O)c1ccc(F)cc1)[O]C(=O)c1ccc(F)cc1)CCC2. The van der Waals surface area contributed by atoms with Gasteiger partial charge in [-0.1, -0.05) is 0 Å². The van der Waals surface area contributed by atoms with E-state index in [1.807, 2.05) is 0 Å². The first-order valence-corrected chi connectivity index (χ1v) is 17.9. The van der Waals surface area contributed by atoms with E-state index in [4.69, 9.17) is 9.96 Å². The zero-order valence-corrected chi connectivity index (χ0v) is 26.2. The number of carbonyl (C=O) groups is 3. The summed E-state index contributed by atoms with van der Waals surface area (Å²) in [6.07, 6.45) is 5.86. The van der Waals surface area contributed by atoms with Crippen LogP contribution in [0.2, 0.25) is 4.22 Å². The number of carbonyl (C=O) groups excluding carboxylic acids is 3. The molecule has 3 aromatic rings. The van der Waals surface area contributed by atoms with Crippen molar-refractivity contribution in [1.82, 2.24) is 0 Å². The molecule has 3 aliphatic rings. The fourth-order valence-corrected chi connectivity index (χ4v) is 11.5. The molecule has 0 fully saturated rings. The first kappa shape index (κ1) is 31.1. The summed E-state index contributed by atoms with van der Waals surface area (Å²) in [6.45, 7) is 2.08. The molecule has 0 aliphatic heterocycles. The van der Waals surface area contributed by atoms with Crippen molar-refractivity contribution in [3.05, 3.63) is 129 Å². The van der Waals surface area contributed by atoms with Crippen molar-refractivity contribution in [2.75, 3.05) is 0 Å². The number of hydrogen-bond donors (Lipinski definition) is 0. The molecule has 3 aliphatic carbocycles. The van der Waals surface area contributed by atoms with Crippen molar-refractivity contribution in [3.63, 3.8) is 0 Å². The Morgan fingerprint density at radius 1 is 0.600 bits per heavy atom. The zero-order chi connectivity index (χ0) is 31.7. The van der Waals surface area contributed by atoms with Crippen LogP contribution in [0.25, 0.3) is 0 Å². The van der Waals surface area contributed by atoms with Crippen LogP contribution in [0.5, 0.6) is 0 Å². The number of benzene rings is 3. The van der Waals surface area contributed by atoms with E-state index in [1.165, 1.54) is 47.5 Å². The third-order valence-corrected chi connectivity index (χ3v) is 13.3. The number of fused-ring (bicyclic) bond motifs is 1. The average molecular weight is 652 g/mol. The number of hydrogen-bond acceptors (Lipinski definition) is 6. The molecule has 2 atom stereocenters. The van der Waals surface area contributed by atoms with E-state index in [-0.39, 0.29) is 22.6 Å². The molecule has 0 bridgehead atoms. The van der Waals surface area contributed by atoms with Gasteiger partial charge in [0.05, 0.1) is 0 Å². The Labute approximate surface area is 263 Å². The molecule has 2 unspecified atom stereocenters. The molecule has 10 heteroatoms. The molecule has 0 spiro atoms. The summed E-state index contributed by atoms with van der Waals surface area (Å²) >= 11 is -5.54. The second-order valence-electron chi connectivity index (χ2n) is 11.6. The Morgan fingerprint density at radius 2 is 1.00 bits per heavy atom. The van der Waals surface area contributed by atoms with E-state index in [1.54, 1.807) is 0 Å². The molecule has 0 N–H and O–H groups in total. The minimum absolute atomic E-state index is 0.0241. The molecule has 0 heterocycles. The van der Waals surface area contributed by atoms with Crippen LogP contribution in [0.4, 0.5) is 13.2 Å². The monoisotopic (exact) mass is 652 g/mol. The van der Waals surface area contributed by atoms with Gasteiger partial charge >= 0.3 is 264 Å². The van der Waals surface area contributed by atoms with Gasteiger partial charge in [-0.2, -0.15) is 0 Å². The van der Waals surface area contributed by atoms with Gasteiger partial charge in [0, 0.05) is 0 Å². The van der Waals surface area contributed by atoms with Crippen molar-refractivity contribution >= 4 is 17.9 Å². The second-order valence-corrected chi connectivity index (χ2v) is 15.5. The molecular weight excluding hydrogens is 621 g/mol. The molecule has 3 aromatic carbocycles. The Hall–Kier alpha value is -3.95. The van der Waals surface area contributed by atoms with Gasteiger partial charge in [-0.25, -0.2) is 0 Å². The maximum absolute atomic E-state index is 13.8. The molecular formula is C35H31F3O6Ti. The summed E-state index contributed by atoms with van der Waals surface area (Å²) in [5.74, 6) is -4.56. The first-order valence-electron chi connectivity index (χ1n) is 15.1. The van der Waals surface area contributed by atoms with E-state index in [9.17, 15) is 27.6 Å². The summed E-state index contributed by atoms with van der Waals surface area (Å²) in [7, 11) is 0. The van der Waals surface area contributed by atoms with Crippen LogP contribution in [0.15, 0.2) is 95.1 Å². The van der Waals surface area contributed by atoms with Gasteiger partial charge in [-0.15, -0.1) is 0 Å². The topological polar surface area (TPSA) is 78.9 Å². The average Bonchev–Trinajstić information content (AvgIpc) is 3.33. The van der Waals surface area contributed by atoms with E-state index in [2.05, 4.69) is 6.92 Å². The Kier molecular flexibility index (Phi) is 8.84. The number of rotatable bonds is 7. The molecule has 0 radical (unpaired) electrons. The van der Waals surface area contributed by atoms with Crippen LogP contribution >= 0.6 is 0 Å². The number of allylic oxidation sites excluding steroid dienone is 4. The summed E-state index contributed by atoms with van der Waals surface area (Å²) in [4.78, 5) is 41.3. The molecule has 232 valence electrons. The maximum atomic E-state index is 13.8. The Morgan fingerprint density at radius 3 is 1.44 bits per heavy atom. The fourth-order valence-electron chi connectivity index (χ4n) is 6.79. The van der Waals surface area contributed by atoms with Gasteiger partial charge in [0.2, 0.25) is 0 Å². The summed E-state index contributed by atoms with van der Waals surface area (Å²) in [5.41, 5.74) is 4.64. The van der Waals surface area contributed by atoms with Crippen LogP contribution in [-0.2, 0) is 27.7 Å². The molecule has 0 amide bonds. The van der Waals surface area contributed by atoms with Crippen LogP contribution in [0.1, 0.15) is 82.9 Å². The molecule has 6 rings (SSSR count). The van der Waals surface area contributed by atoms with Gasteiger partial charge in [-0.05, 0) is 0 Å². The van der Waals surface area contributed by atoms with E-state index in [0.717, 1.165) is 79.6 Å². The molecule has 0 aromatic heterocycles. The number of halogens is 3. The third kappa shape index (κ3) is 6.29. The minimum atomic E-state index is -5.54. The van der Waals surface area contributed by atoms with E-state index >= 15 is 0 Å². The van der Waals surface area contributed by atoms with Crippen LogP contribution in [-0.4, -0.2) is 17.9 Å². The van der Waals surface area contributed by atoms with Gasteiger partial charge in [0.1, 0.15) is 0 Å². The van der Waals surface area contributed by atoms with Crippen molar-refractivity contribution in [2.45, 2.75) is 56.1 Å². The normalized spacial score (nSPS) is 19.5. The van der Waals surface area contributed by atoms with E-state index in [0.29, 0.717) is 12.8 Å². The van der Waals surface area contributed by atoms with Crippen molar-refractivity contribution in [3.8, 4) is 0 Å². The fraction of sp³-hybridized carbons (Fsp3) is 0.286. The van der Waals surface area contributed by atoms with Crippen LogP contribution in [0.3, 0.4) is 0 Å². The standard InChI is InChI=1S/C14H19.3C7H5FO2.Ti/c1-10-11-6-2-4-8-13(11)14-9-5-3-7-12(10)14;3*8-6-3-1-5(2-4-6)7(9)10;/h6,10H,2-5,7-9H2,1H3;3*1-4H,(H,9,10);/q;;;;+3/p-3. The predicted molar refractivity (Wildman–Crippen MR) is 155 cm³/mol. The summed E-state index contributed by atoms with van der Waals surface area (Å²) in [6, 6.07) is 14.0. The van der Waals surface area contributed by atoms with Crippen LogP contribution < -0.4 is 0 Å². The quantitative estimate of drug-likeness (QED) is 0.238. The second kappa shape index (κ2) is 12.8. The summed E-state index contributed by atoms with van der Waals surface area (Å²) < 4.78 is 59.1. The Bertz CT molecular complexity index is 1550. The summed E-state index contributed by atoms with van der Waals surface area (Å²) in [5, 5.41) is 0.